The van der Waals surface area contributed by atoms with Crippen molar-refractivity contribution in [1.29, 1.82) is 0 Å². The molecule has 1 saturated heterocycles. The third-order valence-corrected chi connectivity index (χ3v) is 9.58. The van der Waals surface area contributed by atoms with E-state index < -0.39 is 44.4 Å². The second-order valence-electron chi connectivity index (χ2n) is 8.02. The van der Waals surface area contributed by atoms with Crippen LogP contribution in [0.25, 0.3) is 0 Å². The minimum atomic E-state index is -4.15. The molecule has 3 aromatic carbocycles. The molecule has 0 radical (unpaired) electrons. The van der Waals surface area contributed by atoms with Crippen LogP contribution in [-0.4, -0.2) is 62.9 Å². The number of nitrogens with zero attached hydrogens (tertiary/aromatic N) is 2. The molecule has 1 atom stereocenters. The number of carbonyl (C=O) groups excluding carboxylic acids is 2. The molecule has 0 spiro atoms. The van der Waals surface area contributed by atoms with Crippen LogP contribution in [0, 0.1) is 0 Å². The Hall–Kier alpha value is -3.58. The summed E-state index contributed by atoms with van der Waals surface area (Å²) in [5.41, 5.74) is 5.53. The number of anilines is 1. The van der Waals surface area contributed by atoms with Gasteiger partial charge in [-0.15, -0.1) is 0 Å². The van der Waals surface area contributed by atoms with E-state index in [9.17, 15) is 26.4 Å². The van der Waals surface area contributed by atoms with Gasteiger partial charge < -0.3 is 11.1 Å². The Labute approximate surface area is 209 Å². The van der Waals surface area contributed by atoms with E-state index in [0.29, 0.717) is 0 Å². The lowest BCUT2D eigenvalue weighted by atomic mass is 10.1. The zero-order chi connectivity index (χ0) is 25.9. The highest BCUT2D eigenvalue weighted by Crippen LogP contribution is 2.26. The maximum Gasteiger partial charge on any atom is 0.250 e. The number of sulfonamides is 2. The molecule has 36 heavy (non-hydrogen) atoms. The van der Waals surface area contributed by atoms with Crippen molar-refractivity contribution in [3.63, 3.8) is 0 Å². The van der Waals surface area contributed by atoms with Crippen molar-refractivity contribution in [1.82, 2.24) is 8.61 Å². The molecule has 4 rings (SSSR count). The number of primary amides is 1. The zero-order valence-electron chi connectivity index (χ0n) is 19.0. The van der Waals surface area contributed by atoms with Crippen molar-refractivity contribution >= 4 is 37.5 Å². The molecule has 10 nitrogen and oxygen atoms in total. The summed E-state index contributed by atoms with van der Waals surface area (Å²) >= 11 is 0. The van der Waals surface area contributed by atoms with Gasteiger partial charge >= 0.3 is 0 Å². The summed E-state index contributed by atoms with van der Waals surface area (Å²) in [6, 6.07) is 19.9. The fraction of sp³-hybridized carbons (Fsp3) is 0.167. The van der Waals surface area contributed by atoms with E-state index >= 15 is 0 Å². The van der Waals surface area contributed by atoms with Gasteiger partial charge in [0.05, 0.1) is 21.0 Å². The average Bonchev–Trinajstić information content (AvgIpc) is 2.89. The Kier molecular flexibility index (Phi) is 7.22. The van der Waals surface area contributed by atoms with Gasteiger partial charge in [0.1, 0.15) is 6.04 Å². The van der Waals surface area contributed by atoms with E-state index in [0.717, 1.165) is 8.61 Å². The Morgan fingerprint density at radius 1 is 0.750 bits per heavy atom. The van der Waals surface area contributed by atoms with Gasteiger partial charge in [-0.3, -0.25) is 9.59 Å². The summed E-state index contributed by atoms with van der Waals surface area (Å²) in [5, 5.41) is 2.56. The first-order valence-electron chi connectivity index (χ1n) is 10.9. The van der Waals surface area contributed by atoms with Gasteiger partial charge in [0.2, 0.25) is 26.0 Å². The van der Waals surface area contributed by atoms with Crippen LogP contribution in [0.5, 0.6) is 0 Å². The molecule has 3 aromatic rings. The molecule has 0 aromatic heterocycles. The number of rotatable bonds is 7. The lowest BCUT2D eigenvalue weighted by Crippen LogP contribution is -2.60. The third kappa shape index (κ3) is 5.02. The number of nitrogens with one attached hydrogen (secondary N) is 1. The average molecular weight is 529 g/mol. The third-order valence-electron chi connectivity index (χ3n) is 5.78. The van der Waals surface area contributed by atoms with Crippen LogP contribution in [-0.2, 0) is 24.8 Å². The Bertz CT molecular complexity index is 1480. The summed E-state index contributed by atoms with van der Waals surface area (Å²) in [7, 11) is -8.15. The van der Waals surface area contributed by atoms with Gasteiger partial charge in [0, 0.05) is 19.6 Å². The zero-order valence-corrected chi connectivity index (χ0v) is 20.7. The predicted octanol–water partition coefficient (Wildman–Crippen LogP) is 1.49. The molecule has 1 aliphatic heterocycles. The van der Waals surface area contributed by atoms with Crippen molar-refractivity contribution in [3.8, 4) is 0 Å². The first kappa shape index (κ1) is 25.5. The molecule has 1 aliphatic rings. The molecule has 1 heterocycles. The normalized spacial score (nSPS) is 17.4. The SMILES string of the molecule is NC(=O)c1ccccc1NC(=O)[C@@H]1CN(S(=O)(=O)c2ccccc2)CCN1S(=O)(=O)c1ccccc1. The van der Waals surface area contributed by atoms with Crippen LogP contribution in [0.4, 0.5) is 5.69 Å². The number of piperazine rings is 1. The van der Waals surface area contributed by atoms with Crippen molar-refractivity contribution in [2.45, 2.75) is 15.8 Å². The molecule has 1 fully saturated rings. The quantitative estimate of drug-likeness (QED) is 0.475. The first-order chi connectivity index (χ1) is 17.1. The molecular weight excluding hydrogens is 504 g/mol. The Morgan fingerprint density at radius 3 is 1.86 bits per heavy atom. The van der Waals surface area contributed by atoms with Crippen LogP contribution in [0.1, 0.15) is 10.4 Å². The lowest BCUT2D eigenvalue weighted by molar-refractivity contribution is -0.120. The molecule has 0 bridgehead atoms. The fourth-order valence-electron chi connectivity index (χ4n) is 3.95. The minimum Gasteiger partial charge on any atom is -0.366 e. The summed E-state index contributed by atoms with van der Waals surface area (Å²) in [5.74, 6) is -1.58. The second-order valence-corrected chi connectivity index (χ2v) is 11.8. The van der Waals surface area contributed by atoms with Gasteiger partial charge in [-0.25, -0.2) is 16.8 Å². The molecule has 2 amide bonds. The summed E-state index contributed by atoms with van der Waals surface area (Å²) in [6.45, 7) is -0.822. The monoisotopic (exact) mass is 528 g/mol. The molecular formula is C24H24N4O6S2. The van der Waals surface area contributed by atoms with Gasteiger partial charge in [-0.1, -0.05) is 48.5 Å². The van der Waals surface area contributed by atoms with Crippen LogP contribution < -0.4 is 11.1 Å². The Morgan fingerprint density at radius 2 is 1.28 bits per heavy atom. The number of hydrogen-bond donors (Lipinski definition) is 2. The van der Waals surface area contributed by atoms with E-state index in [1.807, 2.05) is 0 Å². The van der Waals surface area contributed by atoms with E-state index in [1.165, 1.54) is 36.4 Å². The number of para-hydroxylation sites is 1. The molecule has 188 valence electrons. The Balaban J connectivity index is 1.71. The first-order valence-corrected chi connectivity index (χ1v) is 13.8. The maximum atomic E-state index is 13.5. The highest BCUT2D eigenvalue weighted by Gasteiger charge is 2.43. The highest BCUT2D eigenvalue weighted by molar-refractivity contribution is 7.89. The molecule has 0 saturated carbocycles. The number of benzene rings is 3. The molecule has 3 N–H and O–H groups in total. The van der Waals surface area contributed by atoms with Gasteiger partial charge in [-0.2, -0.15) is 8.61 Å². The van der Waals surface area contributed by atoms with E-state index in [2.05, 4.69) is 5.32 Å². The summed E-state index contributed by atoms with van der Waals surface area (Å²) in [6.07, 6.45) is 0. The largest absolute Gasteiger partial charge is 0.366 e. The van der Waals surface area contributed by atoms with Crippen LogP contribution in [0.15, 0.2) is 94.7 Å². The van der Waals surface area contributed by atoms with Crippen molar-refractivity contribution in [3.05, 3.63) is 90.5 Å². The highest BCUT2D eigenvalue weighted by atomic mass is 32.2. The van der Waals surface area contributed by atoms with Crippen LogP contribution in [0.2, 0.25) is 0 Å². The van der Waals surface area contributed by atoms with Gasteiger partial charge in [-0.05, 0) is 36.4 Å². The van der Waals surface area contributed by atoms with Crippen molar-refractivity contribution < 1.29 is 26.4 Å². The molecule has 12 heteroatoms. The predicted molar refractivity (Wildman–Crippen MR) is 133 cm³/mol. The number of carbonyl (C=O) groups is 2. The number of hydrogen-bond acceptors (Lipinski definition) is 6. The molecule has 0 unspecified atom stereocenters. The number of amides is 2. The summed E-state index contributed by atoms with van der Waals surface area (Å²) in [4.78, 5) is 25.3. The summed E-state index contributed by atoms with van der Waals surface area (Å²) < 4.78 is 55.5. The maximum absolute atomic E-state index is 13.5. The standard InChI is InChI=1S/C24H24N4O6S2/c25-23(29)20-13-7-8-14-21(20)26-24(30)22-17-27(35(31,32)18-9-3-1-4-10-18)15-16-28(22)36(33,34)19-11-5-2-6-12-19/h1-14,22H,15-17H2,(H2,25,29)(H,26,30)/t22-/m0/s1. The second kappa shape index (κ2) is 10.2. The van der Waals surface area contributed by atoms with Crippen LogP contribution >= 0.6 is 0 Å². The smallest absolute Gasteiger partial charge is 0.250 e. The van der Waals surface area contributed by atoms with E-state index in [4.69, 9.17) is 5.73 Å². The molecule has 0 aliphatic carbocycles. The van der Waals surface area contributed by atoms with Crippen molar-refractivity contribution in [2.75, 3.05) is 25.0 Å². The van der Waals surface area contributed by atoms with E-state index in [1.54, 1.807) is 48.5 Å². The fourth-order valence-corrected chi connectivity index (χ4v) is 7.00. The minimum absolute atomic E-state index is 0.0281. The number of nitrogens with two attached hydrogens (primary N) is 1. The van der Waals surface area contributed by atoms with Crippen molar-refractivity contribution in [2.24, 2.45) is 5.73 Å². The van der Waals surface area contributed by atoms with E-state index in [-0.39, 0.29) is 34.1 Å². The van der Waals surface area contributed by atoms with Gasteiger partial charge in [0.25, 0.3) is 5.91 Å². The van der Waals surface area contributed by atoms with Gasteiger partial charge in [0.15, 0.2) is 0 Å². The van der Waals surface area contributed by atoms with Crippen LogP contribution in [0.3, 0.4) is 0 Å². The lowest BCUT2D eigenvalue weighted by Gasteiger charge is -2.39. The topological polar surface area (TPSA) is 147 Å².